The first-order valence-corrected chi connectivity index (χ1v) is 10.1. The number of hydrogen-bond donors (Lipinski definition) is 2. The third kappa shape index (κ3) is 5.33. The average molecular weight is 425 g/mol. The number of para-hydroxylation sites is 2. The normalized spacial score (nSPS) is 14.8. The van der Waals surface area contributed by atoms with Gasteiger partial charge in [-0.1, -0.05) is 24.3 Å². The SMILES string of the molecule is CNC(=O)[C@H]1CN(CC(=O)N(C)CC(=O)Nc2cc(C)ccc2C)c2ccccc2O1. The highest BCUT2D eigenvalue weighted by Crippen LogP contribution is 2.33. The van der Waals surface area contributed by atoms with Crippen molar-refractivity contribution in [2.75, 3.05) is 43.9 Å². The molecule has 8 nitrogen and oxygen atoms in total. The van der Waals surface area contributed by atoms with Gasteiger partial charge in [0.25, 0.3) is 5.91 Å². The number of nitrogens with zero attached hydrogens (tertiary/aromatic N) is 2. The summed E-state index contributed by atoms with van der Waals surface area (Å²) in [5.74, 6) is -0.211. The third-order valence-corrected chi connectivity index (χ3v) is 5.20. The van der Waals surface area contributed by atoms with Gasteiger partial charge in [-0.25, -0.2) is 0 Å². The lowest BCUT2D eigenvalue weighted by atomic mass is 10.1. The van der Waals surface area contributed by atoms with Gasteiger partial charge in [0.2, 0.25) is 11.8 Å². The van der Waals surface area contributed by atoms with E-state index in [0.717, 1.165) is 22.5 Å². The second-order valence-electron chi connectivity index (χ2n) is 7.69. The van der Waals surface area contributed by atoms with Gasteiger partial charge in [-0.3, -0.25) is 14.4 Å². The Labute approximate surface area is 182 Å². The number of carbonyl (C=O) groups is 3. The molecule has 0 aliphatic carbocycles. The fourth-order valence-electron chi connectivity index (χ4n) is 3.40. The first-order chi connectivity index (χ1) is 14.8. The Morgan fingerprint density at radius 1 is 1.16 bits per heavy atom. The van der Waals surface area contributed by atoms with E-state index >= 15 is 0 Å². The van der Waals surface area contributed by atoms with Crippen molar-refractivity contribution in [2.24, 2.45) is 0 Å². The van der Waals surface area contributed by atoms with Gasteiger partial charge in [0.1, 0.15) is 5.75 Å². The molecule has 3 amide bonds. The second-order valence-corrected chi connectivity index (χ2v) is 7.69. The molecule has 8 heteroatoms. The van der Waals surface area contributed by atoms with Crippen LogP contribution in [0.15, 0.2) is 42.5 Å². The minimum atomic E-state index is -0.717. The molecule has 0 aromatic heterocycles. The van der Waals surface area contributed by atoms with E-state index in [-0.39, 0.29) is 37.4 Å². The predicted molar refractivity (Wildman–Crippen MR) is 119 cm³/mol. The minimum absolute atomic E-state index is 0.0289. The van der Waals surface area contributed by atoms with Crippen LogP contribution in [0.4, 0.5) is 11.4 Å². The van der Waals surface area contributed by atoms with Crippen molar-refractivity contribution >= 4 is 29.1 Å². The average Bonchev–Trinajstić information content (AvgIpc) is 2.75. The number of amides is 3. The van der Waals surface area contributed by atoms with E-state index in [1.165, 1.54) is 4.90 Å². The Bertz CT molecular complexity index is 991. The van der Waals surface area contributed by atoms with E-state index in [9.17, 15) is 14.4 Å². The Balaban J connectivity index is 1.65. The summed E-state index contributed by atoms with van der Waals surface area (Å²) in [6, 6.07) is 13.1. The molecule has 0 saturated heterocycles. The molecule has 0 spiro atoms. The summed E-state index contributed by atoms with van der Waals surface area (Å²) in [7, 11) is 3.14. The molecule has 164 valence electrons. The fourth-order valence-corrected chi connectivity index (χ4v) is 3.40. The number of rotatable bonds is 6. The van der Waals surface area contributed by atoms with Gasteiger partial charge in [0, 0.05) is 19.8 Å². The summed E-state index contributed by atoms with van der Waals surface area (Å²) in [5.41, 5.74) is 3.48. The fraction of sp³-hybridized carbons (Fsp3) is 0.348. The zero-order valence-electron chi connectivity index (χ0n) is 18.3. The van der Waals surface area contributed by atoms with Crippen LogP contribution in [0.5, 0.6) is 5.75 Å². The van der Waals surface area contributed by atoms with Crippen LogP contribution in [0.3, 0.4) is 0 Å². The molecule has 31 heavy (non-hydrogen) atoms. The van der Waals surface area contributed by atoms with E-state index in [2.05, 4.69) is 10.6 Å². The van der Waals surface area contributed by atoms with Gasteiger partial charge in [-0.2, -0.15) is 0 Å². The number of nitrogens with one attached hydrogen (secondary N) is 2. The third-order valence-electron chi connectivity index (χ3n) is 5.20. The van der Waals surface area contributed by atoms with Crippen LogP contribution in [0.1, 0.15) is 11.1 Å². The summed E-state index contributed by atoms with van der Waals surface area (Å²) >= 11 is 0. The lowest BCUT2D eigenvalue weighted by molar-refractivity contribution is -0.132. The molecule has 1 aliphatic heterocycles. The minimum Gasteiger partial charge on any atom is -0.477 e. The van der Waals surface area contributed by atoms with Gasteiger partial charge in [-0.05, 0) is 43.2 Å². The first-order valence-electron chi connectivity index (χ1n) is 10.1. The number of likely N-dealkylation sites (N-methyl/N-ethyl adjacent to an activating group) is 2. The van der Waals surface area contributed by atoms with Crippen LogP contribution < -0.4 is 20.3 Å². The number of hydrogen-bond acceptors (Lipinski definition) is 5. The molecule has 2 aromatic rings. The van der Waals surface area contributed by atoms with Gasteiger partial charge in [0.15, 0.2) is 6.10 Å². The van der Waals surface area contributed by atoms with Crippen LogP contribution in [0.25, 0.3) is 0 Å². The molecular weight excluding hydrogens is 396 g/mol. The lowest BCUT2D eigenvalue weighted by Gasteiger charge is -2.35. The van der Waals surface area contributed by atoms with Gasteiger partial charge in [-0.15, -0.1) is 0 Å². The number of carbonyl (C=O) groups excluding carboxylic acids is 3. The predicted octanol–water partition coefficient (Wildman–Crippen LogP) is 1.71. The Morgan fingerprint density at radius 3 is 2.65 bits per heavy atom. The van der Waals surface area contributed by atoms with Crippen molar-refractivity contribution in [1.82, 2.24) is 10.2 Å². The van der Waals surface area contributed by atoms with Crippen LogP contribution in [-0.4, -0.2) is 62.5 Å². The molecule has 1 heterocycles. The number of ether oxygens (including phenoxy) is 1. The number of anilines is 2. The van der Waals surface area contributed by atoms with E-state index in [0.29, 0.717) is 5.75 Å². The van der Waals surface area contributed by atoms with Crippen LogP contribution >= 0.6 is 0 Å². The zero-order chi connectivity index (χ0) is 22.5. The van der Waals surface area contributed by atoms with Gasteiger partial charge >= 0.3 is 0 Å². The first kappa shape index (κ1) is 22.1. The van der Waals surface area contributed by atoms with Crippen LogP contribution in [0.2, 0.25) is 0 Å². The van der Waals surface area contributed by atoms with E-state index in [4.69, 9.17) is 4.74 Å². The van der Waals surface area contributed by atoms with Crippen LogP contribution in [0, 0.1) is 13.8 Å². The Morgan fingerprint density at radius 2 is 1.90 bits per heavy atom. The van der Waals surface area contributed by atoms with Crippen molar-refractivity contribution in [1.29, 1.82) is 0 Å². The molecular formula is C23H28N4O4. The van der Waals surface area contributed by atoms with E-state index < -0.39 is 6.10 Å². The van der Waals surface area contributed by atoms with Crippen molar-refractivity contribution in [3.63, 3.8) is 0 Å². The van der Waals surface area contributed by atoms with Crippen molar-refractivity contribution in [3.05, 3.63) is 53.6 Å². The maximum absolute atomic E-state index is 12.8. The quantitative estimate of drug-likeness (QED) is 0.737. The zero-order valence-corrected chi connectivity index (χ0v) is 18.3. The van der Waals surface area contributed by atoms with E-state index in [1.54, 1.807) is 25.1 Å². The summed E-state index contributed by atoms with van der Waals surface area (Å²) in [4.78, 5) is 40.6. The highest BCUT2D eigenvalue weighted by atomic mass is 16.5. The molecule has 0 saturated carbocycles. The molecule has 0 radical (unpaired) electrons. The van der Waals surface area contributed by atoms with Crippen molar-refractivity contribution < 1.29 is 19.1 Å². The van der Waals surface area contributed by atoms with E-state index in [1.807, 2.05) is 50.2 Å². The second kappa shape index (κ2) is 9.51. The molecule has 0 fully saturated rings. The molecule has 2 aromatic carbocycles. The standard InChI is InChI=1S/C23H28N4O4/c1-15-9-10-16(2)17(11-15)25-21(28)13-26(4)22(29)14-27-12-20(23(30)24-3)31-19-8-6-5-7-18(19)27/h5-11,20H,12-14H2,1-4H3,(H,24,30)(H,25,28)/t20-/m1/s1. The molecule has 0 bridgehead atoms. The maximum atomic E-state index is 12.8. The molecule has 1 atom stereocenters. The summed E-state index contributed by atoms with van der Waals surface area (Å²) in [6.07, 6.45) is -0.717. The molecule has 1 aliphatic rings. The molecule has 0 unspecified atom stereocenters. The van der Waals surface area contributed by atoms with Crippen LogP contribution in [-0.2, 0) is 14.4 Å². The van der Waals surface area contributed by atoms with Gasteiger partial charge in [0.05, 0.1) is 25.3 Å². The highest BCUT2D eigenvalue weighted by molar-refractivity contribution is 5.96. The number of aryl methyl sites for hydroxylation is 2. The van der Waals surface area contributed by atoms with Crippen molar-refractivity contribution in [2.45, 2.75) is 20.0 Å². The molecule has 2 N–H and O–H groups in total. The molecule has 3 rings (SSSR count). The van der Waals surface area contributed by atoms with Gasteiger partial charge < -0.3 is 25.2 Å². The summed E-state index contributed by atoms with van der Waals surface area (Å²) in [5, 5.41) is 5.45. The summed E-state index contributed by atoms with van der Waals surface area (Å²) < 4.78 is 5.77. The highest BCUT2D eigenvalue weighted by Gasteiger charge is 2.31. The smallest absolute Gasteiger partial charge is 0.262 e. The topological polar surface area (TPSA) is 91.0 Å². The lowest BCUT2D eigenvalue weighted by Crippen LogP contribution is -2.51. The maximum Gasteiger partial charge on any atom is 0.262 e. The monoisotopic (exact) mass is 424 g/mol. The Hall–Kier alpha value is -3.55. The largest absolute Gasteiger partial charge is 0.477 e. The van der Waals surface area contributed by atoms with Crippen molar-refractivity contribution in [3.8, 4) is 5.75 Å². The summed E-state index contributed by atoms with van der Waals surface area (Å²) in [6.45, 7) is 4.07. The number of benzene rings is 2. The number of fused-ring (bicyclic) bond motifs is 1. The Kier molecular flexibility index (Phi) is 6.79.